The molecule has 0 saturated heterocycles. The Labute approximate surface area is 155 Å². The minimum atomic E-state index is -0.129. The zero-order valence-electron chi connectivity index (χ0n) is 15.6. The maximum atomic E-state index is 12.3. The molecule has 134 valence electrons. The molecule has 3 nitrogen and oxygen atoms in total. The Hall–Kier alpha value is -2.00. The van der Waals surface area contributed by atoms with E-state index >= 15 is 0 Å². The van der Waals surface area contributed by atoms with Crippen molar-refractivity contribution in [1.82, 2.24) is 5.32 Å². The molecule has 0 saturated carbocycles. The molecule has 0 heterocycles. The second-order valence-electron chi connectivity index (χ2n) is 6.53. The zero-order chi connectivity index (χ0) is 18.6. The summed E-state index contributed by atoms with van der Waals surface area (Å²) in [5.41, 5.74) is 5.49. The van der Waals surface area contributed by atoms with Gasteiger partial charge in [-0.25, -0.2) is 0 Å². The summed E-state index contributed by atoms with van der Waals surface area (Å²) in [6.07, 6.45) is 0.827. The third-order valence-electron chi connectivity index (χ3n) is 4.46. The van der Waals surface area contributed by atoms with Gasteiger partial charge in [0.15, 0.2) is 6.61 Å². The second kappa shape index (κ2) is 8.39. The molecule has 1 atom stereocenters. The highest BCUT2D eigenvalue weighted by Gasteiger charge is 2.14. The van der Waals surface area contributed by atoms with Crippen LogP contribution in [0.3, 0.4) is 0 Å². The zero-order valence-corrected chi connectivity index (χ0v) is 16.3. The maximum absolute atomic E-state index is 12.3. The number of hydrogen-bond donors (Lipinski definition) is 1. The van der Waals surface area contributed by atoms with Crippen molar-refractivity contribution in [2.45, 2.75) is 47.1 Å². The Morgan fingerprint density at radius 2 is 1.68 bits per heavy atom. The molecule has 0 fully saturated rings. The molecule has 0 bridgehead atoms. The Kier molecular flexibility index (Phi) is 6.49. The largest absolute Gasteiger partial charge is 0.484 e. The highest BCUT2D eigenvalue weighted by atomic mass is 35.5. The first-order valence-electron chi connectivity index (χ1n) is 8.57. The molecule has 2 aromatic carbocycles. The van der Waals surface area contributed by atoms with Gasteiger partial charge in [-0.3, -0.25) is 4.79 Å². The Balaban J connectivity index is 1.99. The van der Waals surface area contributed by atoms with E-state index in [0.29, 0.717) is 5.75 Å². The highest BCUT2D eigenvalue weighted by molar-refractivity contribution is 6.32. The van der Waals surface area contributed by atoms with E-state index < -0.39 is 0 Å². The smallest absolute Gasteiger partial charge is 0.258 e. The Morgan fingerprint density at radius 1 is 1.04 bits per heavy atom. The summed E-state index contributed by atoms with van der Waals surface area (Å²) in [5, 5.41) is 3.78. The van der Waals surface area contributed by atoms with E-state index in [1.807, 2.05) is 26.0 Å². The number of amides is 1. The van der Waals surface area contributed by atoms with Gasteiger partial charge >= 0.3 is 0 Å². The van der Waals surface area contributed by atoms with Gasteiger partial charge in [0.2, 0.25) is 0 Å². The fraction of sp³-hybridized carbons (Fsp3) is 0.381. The molecule has 2 rings (SSSR count). The minimum Gasteiger partial charge on any atom is -0.484 e. The predicted octanol–water partition coefficient (Wildman–Crippen LogP) is 5.22. The lowest BCUT2D eigenvalue weighted by Gasteiger charge is -2.19. The van der Waals surface area contributed by atoms with Gasteiger partial charge in [-0.15, -0.1) is 0 Å². The molecule has 0 radical (unpaired) electrons. The normalized spacial score (nSPS) is 11.9. The van der Waals surface area contributed by atoms with Crippen molar-refractivity contribution in [2.24, 2.45) is 0 Å². The summed E-state index contributed by atoms with van der Waals surface area (Å²) in [5.74, 6) is 0.532. The number of halogens is 1. The second-order valence-corrected chi connectivity index (χ2v) is 6.91. The van der Waals surface area contributed by atoms with Crippen molar-refractivity contribution in [3.63, 3.8) is 0 Å². The maximum Gasteiger partial charge on any atom is 0.258 e. The van der Waals surface area contributed by atoms with Crippen LogP contribution >= 0.6 is 11.6 Å². The first kappa shape index (κ1) is 19.3. The molecule has 0 aromatic heterocycles. The van der Waals surface area contributed by atoms with Gasteiger partial charge < -0.3 is 10.1 Å². The molecule has 0 aliphatic carbocycles. The van der Waals surface area contributed by atoms with Crippen LogP contribution in [0.25, 0.3) is 0 Å². The van der Waals surface area contributed by atoms with Gasteiger partial charge in [0.25, 0.3) is 5.91 Å². The van der Waals surface area contributed by atoms with Gasteiger partial charge in [0, 0.05) is 5.02 Å². The highest BCUT2D eigenvalue weighted by Crippen LogP contribution is 2.26. The van der Waals surface area contributed by atoms with Crippen LogP contribution in [0, 0.1) is 27.7 Å². The van der Waals surface area contributed by atoms with Crippen molar-refractivity contribution >= 4 is 17.5 Å². The van der Waals surface area contributed by atoms with Crippen LogP contribution in [-0.4, -0.2) is 12.5 Å². The van der Waals surface area contributed by atoms with E-state index in [2.05, 4.69) is 44.3 Å². The van der Waals surface area contributed by atoms with Gasteiger partial charge in [0.1, 0.15) is 5.75 Å². The van der Waals surface area contributed by atoms with Crippen LogP contribution in [0.1, 0.15) is 47.2 Å². The fourth-order valence-electron chi connectivity index (χ4n) is 2.78. The summed E-state index contributed by atoms with van der Waals surface area (Å²) >= 11 is 6.16. The number of carbonyl (C=O) groups excluding carboxylic acids is 1. The molecule has 0 spiro atoms. The SMILES string of the molecule is CC[C@@H](NC(=O)COc1cc(C)c(Cl)c(C)c1)c1ccc(C)c(C)c1. The van der Waals surface area contributed by atoms with E-state index in [0.717, 1.165) is 28.1 Å². The molecule has 4 heteroatoms. The third kappa shape index (κ3) is 4.99. The van der Waals surface area contributed by atoms with Crippen molar-refractivity contribution in [2.75, 3.05) is 6.61 Å². The average molecular weight is 360 g/mol. The predicted molar refractivity (Wildman–Crippen MR) is 104 cm³/mol. The van der Waals surface area contributed by atoms with Crippen LogP contribution in [0.15, 0.2) is 30.3 Å². The number of carbonyl (C=O) groups is 1. The van der Waals surface area contributed by atoms with Crippen LogP contribution in [0.4, 0.5) is 0 Å². The van der Waals surface area contributed by atoms with E-state index in [1.54, 1.807) is 0 Å². The van der Waals surface area contributed by atoms with Gasteiger partial charge in [-0.2, -0.15) is 0 Å². The topological polar surface area (TPSA) is 38.3 Å². The molecule has 0 aliphatic heterocycles. The van der Waals surface area contributed by atoms with Crippen LogP contribution in [0.5, 0.6) is 5.75 Å². The Morgan fingerprint density at radius 3 is 2.24 bits per heavy atom. The van der Waals surface area contributed by atoms with Crippen LogP contribution in [-0.2, 0) is 4.79 Å². The summed E-state index contributed by atoms with van der Waals surface area (Å²) in [6, 6.07) is 9.99. The molecule has 0 unspecified atom stereocenters. The van der Waals surface area contributed by atoms with Gasteiger partial charge in [0.05, 0.1) is 6.04 Å². The van der Waals surface area contributed by atoms with Crippen molar-refractivity contribution in [1.29, 1.82) is 0 Å². The van der Waals surface area contributed by atoms with E-state index in [9.17, 15) is 4.79 Å². The fourth-order valence-corrected chi connectivity index (χ4v) is 2.89. The van der Waals surface area contributed by atoms with Crippen LogP contribution < -0.4 is 10.1 Å². The van der Waals surface area contributed by atoms with Crippen molar-refractivity contribution in [3.05, 3.63) is 63.2 Å². The van der Waals surface area contributed by atoms with E-state index in [4.69, 9.17) is 16.3 Å². The van der Waals surface area contributed by atoms with E-state index in [-0.39, 0.29) is 18.6 Å². The molecule has 1 amide bonds. The standard InChI is InChI=1S/C21H26ClNO2/c1-6-19(17-8-7-13(2)14(3)9-17)23-20(24)12-25-18-10-15(4)21(22)16(5)11-18/h7-11,19H,6,12H2,1-5H3,(H,23,24)/t19-/m1/s1. The monoisotopic (exact) mass is 359 g/mol. The lowest BCUT2D eigenvalue weighted by molar-refractivity contribution is -0.123. The molecule has 0 aliphatic rings. The first-order valence-corrected chi connectivity index (χ1v) is 8.95. The minimum absolute atomic E-state index is 0.0101. The number of rotatable bonds is 6. The Bertz CT molecular complexity index is 747. The number of hydrogen-bond acceptors (Lipinski definition) is 2. The molecule has 1 N–H and O–H groups in total. The van der Waals surface area contributed by atoms with Crippen molar-refractivity contribution in [3.8, 4) is 5.75 Å². The third-order valence-corrected chi connectivity index (χ3v) is 5.05. The molecule has 2 aromatic rings. The number of aryl methyl sites for hydroxylation is 4. The molecular formula is C21H26ClNO2. The average Bonchev–Trinajstić information content (AvgIpc) is 2.58. The van der Waals surface area contributed by atoms with Crippen LogP contribution in [0.2, 0.25) is 5.02 Å². The lowest BCUT2D eigenvalue weighted by Crippen LogP contribution is -2.32. The summed E-state index contributed by atoms with van der Waals surface area (Å²) < 4.78 is 5.64. The number of nitrogens with one attached hydrogen (secondary N) is 1. The first-order chi connectivity index (χ1) is 11.8. The lowest BCUT2D eigenvalue weighted by atomic mass is 9.99. The summed E-state index contributed by atoms with van der Waals surface area (Å²) in [7, 11) is 0. The van der Waals surface area contributed by atoms with Gasteiger partial charge in [-0.1, -0.05) is 36.7 Å². The van der Waals surface area contributed by atoms with E-state index in [1.165, 1.54) is 11.1 Å². The summed E-state index contributed by atoms with van der Waals surface area (Å²) in [6.45, 7) is 10.1. The van der Waals surface area contributed by atoms with Gasteiger partial charge in [-0.05, 0) is 74.1 Å². The molecule has 25 heavy (non-hydrogen) atoms. The molecular weight excluding hydrogens is 334 g/mol. The van der Waals surface area contributed by atoms with Crippen molar-refractivity contribution < 1.29 is 9.53 Å². The number of benzene rings is 2. The summed E-state index contributed by atoms with van der Waals surface area (Å²) in [4.78, 5) is 12.3. The number of ether oxygens (including phenoxy) is 1. The quantitative estimate of drug-likeness (QED) is 0.767.